The standard InChI is InChI=1S/C64H112O6/c1-4-7-10-13-16-19-22-23-24-25-26-27-28-29-30-31-32-33-34-35-36-37-38-39-40-41-43-45-48-51-54-57-63(66)69-60-61(59-68-62(65)56-53-50-47-44-21-18-15-12-9-6-3)70-64(67)58-55-52-49-46-42-20-17-14-11-8-5-2/h7,10,12,15-16,19,23-24,26-27,29-30,61H,4-6,8-9,11,13-14,17-18,20-22,25,28,31-60H2,1-3H3/b10-7-,15-12-,19-16-,24-23-,27-26-,30-29-. The number of hydrogen-bond donors (Lipinski definition) is 0. The van der Waals surface area contributed by atoms with Crippen LogP contribution in [0.1, 0.15) is 297 Å². The minimum Gasteiger partial charge on any atom is -0.462 e. The van der Waals surface area contributed by atoms with Crippen molar-refractivity contribution in [3.8, 4) is 0 Å². The predicted molar refractivity (Wildman–Crippen MR) is 302 cm³/mol. The number of rotatable bonds is 54. The zero-order valence-corrected chi connectivity index (χ0v) is 46.3. The van der Waals surface area contributed by atoms with E-state index in [-0.39, 0.29) is 31.1 Å². The maximum absolute atomic E-state index is 12.8. The number of hydrogen-bond acceptors (Lipinski definition) is 6. The quantitative estimate of drug-likeness (QED) is 0.0261. The van der Waals surface area contributed by atoms with Crippen LogP contribution in [0.3, 0.4) is 0 Å². The molecule has 0 spiro atoms. The monoisotopic (exact) mass is 977 g/mol. The molecular weight excluding hydrogens is 865 g/mol. The largest absolute Gasteiger partial charge is 0.462 e. The Balaban J connectivity index is 4.06. The van der Waals surface area contributed by atoms with Crippen LogP contribution in [0.2, 0.25) is 0 Å². The summed E-state index contributed by atoms with van der Waals surface area (Å²) in [7, 11) is 0. The normalized spacial score (nSPS) is 12.6. The van der Waals surface area contributed by atoms with Gasteiger partial charge in [0.1, 0.15) is 13.2 Å². The van der Waals surface area contributed by atoms with Gasteiger partial charge in [0, 0.05) is 19.3 Å². The molecule has 0 aliphatic rings. The van der Waals surface area contributed by atoms with Crippen molar-refractivity contribution in [2.24, 2.45) is 0 Å². The Morgan fingerprint density at radius 1 is 0.300 bits per heavy atom. The topological polar surface area (TPSA) is 78.9 Å². The highest BCUT2D eigenvalue weighted by Gasteiger charge is 2.19. The Hall–Kier alpha value is -3.15. The number of ether oxygens (including phenoxy) is 3. The summed E-state index contributed by atoms with van der Waals surface area (Å²) >= 11 is 0. The molecule has 0 bridgehead atoms. The van der Waals surface area contributed by atoms with E-state index < -0.39 is 6.10 Å². The van der Waals surface area contributed by atoms with Crippen LogP contribution in [-0.2, 0) is 28.6 Å². The van der Waals surface area contributed by atoms with Crippen LogP contribution in [0.15, 0.2) is 72.9 Å². The average molecular weight is 978 g/mol. The van der Waals surface area contributed by atoms with E-state index in [0.717, 1.165) is 103 Å². The first-order chi connectivity index (χ1) is 34.5. The number of esters is 3. The summed E-state index contributed by atoms with van der Waals surface area (Å²) < 4.78 is 16.8. The molecule has 1 atom stereocenters. The van der Waals surface area contributed by atoms with E-state index in [1.807, 2.05) is 0 Å². The fraction of sp³-hybridized carbons (Fsp3) is 0.766. The Morgan fingerprint density at radius 3 is 0.943 bits per heavy atom. The lowest BCUT2D eigenvalue weighted by molar-refractivity contribution is -0.167. The van der Waals surface area contributed by atoms with Gasteiger partial charge in [-0.2, -0.15) is 0 Å². The summed E-state index contributed by atoms with van der Waals surface area (Å²) in [5.74, 6) is -0.877. The van der Waals surface area contributed by atoms with Crippen molar-refractivity contribution in [3.63, 3.8) is 0 Å². The fourth-order valence-electron chi connectivity index (χ4n) is 8.47. The van der Waals surface area contributed by atoms with Crippen molar-refractivity contribution in [1.29, 1.82) is 0 Å². The first kappa shape index (κ1) is 66.9. The number of carbonyl (C=O) groups is 3. The minimum absolute atomic E-state index is 0.0742. The first-order valence-electron chi connectivity index (χ1n) is 29.9. The highest BCUT2D eigenvalue weighted by molar-refractivity contribution is 5.71. The van der Waals surface area contributed by atoms with E-state index in [4.69, 9.17) is 14.2 Å². The van der Waals surface area contributed by atoms with Crippen LogP contribution in [0.25, 0.3) is 0 Å². The maximum Gasteiger partial charge on any atom is 0.306 e. The van der Waals surface area contributed by atoms with Crippen molar-refractivity contribution in [2.45, 2.75) is 303 Å². The SMILES string of the molecule is CC/C=C\C/C=C\C/C=C\C/C=C\C/C=C\CCCCCCCCCCCCCCCCCC(=O)OCC(COC(=O)CCCCCCC/C=C\CCC)OC(=O)CCCCCCCCCCCCC. The van der Waals surface area contributed by atoms with E-state index in [2.05, 4.69) is 93.7 Å². The molecule has 0 saturated carbocycles. The molecule has 0 aromatic heterocycles. The molecule has 0 aliphatic carbocycles. The summed E-state index contributed by atoms with van der Waals surface area (Å²) in [6.45, 7) is 6.47. The van der Waals surface area contributed by atoms with Crippen molar-refractivity contribution in [3.05, 3.63) is 72.9 Å². The van der Waals surface area contributed by atoms with Gasteiger partial charge in [0.15, 0.2) is 6.10 Å². The van der Waals surface area contributed by atoms with Gasteiger partial charge >= 0.3 is 17.9 Å². The van der Waals surface area contributed by atoms with Crippen molar-refractivity contribution in [2.75, 3.05) is 13.2 Å². The van der Waals surface area contributed by atoms with Gasteiger partial charge in [0.2, 0.25) is 0 Å². The summed E-state index contributed by atoms with van der Waals surface area (Å²) in [6.07, 6.45) is 74.9. The first-order valence-corrected chi connectivity index (χ1v) is 29.9. The molecule has 0 fully saturated rings. The van der Waals surface area contributed by atoms with Gasteiger partial charge in [0.25, 0.3) is 0 Å². The van der Waals surface area contributed by atoms with E-state index >= 15 is 0 Å². The lowest BCUT2D eigenvalue weighted by Crippen LogP contribution is -2.30. The van der Waals surface area contributed by atoms with Crippen LogP contribution >= 0.6 is 0 Å². The second kappa shape index (κ2) is 58.4. The molecule has 0 saturated heterocycles. The summed E-state index contributed by atoms with van der Waals surface area (Å²) in [6, 6.07) is 0. The lowest BCUT2D eigenvalue weighted by Gasteiger charge is -2.18. The third-order valence-corrected chi connectivity index (χ3v) is 12.9. The van der Waals surface area contributed by atoms with Crippen molar-refractivity contribution in [1.82, 2.24) is 0 Å². The molecule has 0 aromatic carbocycles. The lowest BCUT2D eigenvalue weighted by atomic mass is 10.0. The molecule has 0 N–H and O–H groups in total. The second-order valence-electron chi connectivity index (χ2n) is 19.9. The molecule has 0 aliphatic heterocycles. The summed E-state index contributed by atoms with van der Waals surface area (Å²) in [5, 5.41) is 0. The van der Waals surface area contributed by atoms with Gasteiger partial charge in [-0.3, -0.25) is 14.4 Å². The second-order valence-corrected chi connectivity index (χ2v) is 19.9. The van der Waals surface area contributed by atoms with Gasteiger partial charge in [-0.05, 0) is 83.5 Å². The summed E-state index contributed by atoms with van der Waals surface area (Å²) in [5.41, 5.74) is 0. The highest BCUT2D eigenvalue weighted by atomic mass is 16.6. The minimum atomic E-state index is -0.773. The molecular formula is C64H112O6. The number of unbranched alkanes of at least 4 members (excludes halogenated alkanes) is 31. The Morgan fingerprint density at radius 2 is 0.586 bits per heavy atom. The van der Waals surface area contributed by atoms with Crippen LogP contribution < -0.4 is 0 Å². The van der Waals surface area contributed by atoms with Crippen LogP contribution in [0.4, 0.5) is 0 Å². The molecule has 404 valence electrons. The van der Waals surface area contributed by atoms with Gasteiger partial charge in [-0.15, -0.1) is 0 Å². The molecule has 0 radical (unpaired) electrons. The predicted octanol–water partition coefficient (Wildman–Crippen LogP) is 20.2. The Kier molecular flexibility index (Phi) is 55.8. The molecule has 6 heteroatoms. The third-order valence-electron chi connectivity index (χ3n) is 12.9. The molecule has 6 nitrogen and oxygen atoms in total. The Labute approximate surface area is 433 Å². The fourth-order valence-corrected chi connectivity index (χ4v) is 8.47. The van der Waals surface area contributed by atoms with Crippen LogP contribution in [0, 0.1) is 0 Å². The van der Waals surface area contributed by atoms with Gasteiger partial charge in [-0.25, -0.2) is 0 Å². The molecule has 0 heterocycles. The molecule has 0 amide bonds. The number of allylic oxidation sites excluding steroid dienone is 12. The van der Waals surface area contributed by atoms with E-state index in [0.29, 0.717) is 19.3 Å². The van der Waals surface area contributed by atoms with Gasteiger partial charge in [0.05, 0.1) is 0 Å². The van der Waals surface area contributed by atoms with Crippen molar-refractivity contribution < 1.29 is 28.6 Å². The van der Waals surface area contributed by atoms with Crippen LogP contribution in [-0.4, -0.2) is 37.2 Å². The zero-order valence-electron chi connectivity index (χ0n) is 46.3. The molecule has 0 aromatic rings. The smallest absolute Gasteiger partial charge is 0.306 e. The molecule has 1 unspecified atom stereocenters. The van der Waals surface area contributed by atoms with E-state index in [9.17, 15) is 14.4 Å². The average Bonchev–Trinajstić information content (AvgIpc) is 3.36. The zero-order chi connectivity index (χ0) is 50.7. The van der Waals surface area contributed by atoms with Gasteiger partial charge in [-0.1, -0.05) is 267 Å². The molecule has 70 heavy (non-hydrogen) atoms. The summed E-state index contributed by atoms with van der Waals surface area (Å²) in [4.78, 5) is 38.0. The highest BCUT2D eigenvalue weighted by Crippen LogP contribution is 2.16. The van der Waals surface area contributed by atoms with Crippen molar-refractivity contribution >= 4 is 17.9 Å². The third kappa shape index (κ3) is 55.8. The Bertz CT molecular complexity index is 1310. The van der Waals surface area contributed by atoms with E-state index in [1.165, 1.54) is 154 Å². The van der Waals surface area contributed by atoms with Gasteiger partial charge < -0.3 is 14.2 Å². The maximum atomic E-state index is 12.8. The molecule has 0 rings (SSSR count). The number of carbonyl (C=O) groups excluding carboxylic acids is 3. The van der Waals surface area contributed by atoms with E-state index in [1.54, 1.807) is 0 Å². The van der Waals surface area contributed by atoms with Crippen LogP contribution in [0.5, 0.6) is 0 Å².